The Hall–Kier alpha value is -1.63. The van der Waals surface area contributed by atoms with E-state index in [4.69, 9.17) is 16.3 Å². The number of piperidine rings is 3. The Bertz CT molecular complexity index is 771. The zero-order valence-electron chi connectivity index (χ0n) is 13.9. The van der Waals surface area contributed by atoms with Gasteiger partial charge in [0.15, 0.2) is 5.06 Å². The molecule has 7 heteroatoms. The molecule has 5 nitrogen and oxygen atoms in total. The van der Waals surface area contributed by atoms with Gasteiger partial charge in [0.1, 0.15) is 10.9 Å². The lowest BCUT2D eigenvalue weighted by Gasteiger charge is -2.49. The Balaban J connectivity index is 1.42. The van der Waals surface area contributed by atoms with Crippen molar-refractivity contribution in [1.82, 2.24) is 15.2 Å². The van der Waals surface area contributed by atoms with Crippen LogP contribution < -0.4 is 10.1 Å². The number of fused-ring (bicyclic) bond motifs is 3. The normalized spacial score (nSPS) is 27.9. The van der Waals surface area contributed by atoms with Crippen LogP contribution in [0.2, 0.25) is 5.15 Å². The quantitative estimate of drug-likeness (QED) is 0.823. The molecule has 5 heterocycles. The van der Waals surface area contributed by atoms with Crippen LogP contribution in [-0.2, 0) is 0 Å². The second-order valence-electron chi connectivity index (χ2n) is 6.65. The lowest BCUT2D eigenvalue weighted by Crippen LogP contribution is -2.62. The van der Waals surface area contributed by atoms with Gasteiger partial charge in [-0.2, -0.15) is 0 Å². The van der Waals surface area contributed by atoms with Gasteiger partial charge in [0.2, 0.25) is 0 Å². The summed E-state index contributed by atoms with van der Waals surface area (Å²) in [4.78, 5) is 19.7. The number of pyridine rings is 1. The van der Waals surface area contributed by atoms with Crippen molar-refractivity contribution in [1.29, 1.82) is 0 Å². The number of amides is 1. The number of halogens is 1. The van der Waals surface area contributed by atoms with Crippen LogP contribution in [0.4, 0.5) is 0 Å². The van der Waals surface area contributed by atoms with Gasteiger partial charge in [0.25, 0.3) is 5.91 Å². The Kier molecular flexibility index (Phi) is 4.67. The molecule has 2 bridgehead atoms. The zero-order chi connectivity index (χ0) is 17.4. The summed E-state index contributed by atoms with van der Waals surface area (Å²) in [6.07, 6.45) is 3.95. The Morgan fingerprint density at radius 1 is 1.36 bits per heavy atom. The number of nitrogens with one attached hydrogen (secondary N) is 1. The smallest absolute Gasteiger partial charge is 0.261 e. The molecule has 3 saturated heterocycles. The SMILES string of the molecule is C[C@H]1[C@H](NC(=O)c2ccc(Oc3ccnc(Cl)c3)s2)C2CCN1CC2. The molecule has 0 aromatic carbocycles. The number of hydrogen-bond acceptors (Lipinski definition) is 5. The third kappa shape index (κ3) is 3.52. The molecular formula is C18H20ClN3O2S. The molecular weight excluding hydrogens is 358 g/mol. The molecule has 3 aliphatic heterocycles. The average molecular weight is 378 g/mol. The molecule has 0 saturated carbocycles. The number of thiophene rings is 1. The molecule has 0 aliphatic carbocycles. The Morgan fingerprint density at radius 2 is 2.16 bits per heavy atom. The van der Waals surface area contributed by atoms with Crippen molar-refractivity contribution in [3.8, 4) is 10.8 Å². The predicted octanol–water partition coefficient (Wildman–Crippen LogP) is 3.80. The molecule has 25 heavy (non-hydrogen) atoms. The lowest BCUT2D eigenvalue weighted by atomic mass is 9.79. The summed E-state index contributed by atoms with van der Waals surface area (Å²) in [7, 11) is 0. The van der Waals surface area contributed by atoms with Crippen molar-refractivity contribution in [3.05, 3.63) is 40.5 Å². The van der Waals surface area contributed by atoms with Crippen molar-refractivity contribution in [2.45, 2.75) is 31.8 Å². The maximum Gasteiger partial charge on any atom is 0.261 e. The number of hydrogen-bond donors (Lipinski definition) is 1. The molecule has 2 atom stereocenters. The molecule has 3 fully saturated rings. The summed E-state index contributed by atoms with van der Waals surface area (Å²) >= 11 is 7.20. The second-order valence-corrected chi connectivity index (χ2v) is 8.08. The van der Waals surface area contributed by atoms with Gasteiger partial charge >= 0.3 is 0 Å². The van der Waals surface area contributed by atoms with E-state index in [1.54, 1.807) is 18.3 Å². The van der Waals surface area contributed by atoms with E-state index in [0.29, 0.717) is 32.8 Å². The van der Waals surface area contributed by atoms with E-state index in [2.05, 4.69) is 22.1 Å². The average Bonchev–Trinajstić information content (AvgIpc) is 3.07. The van der Waals surface area contributed by atoms with E-state index in [1.165, 1.54) is 24.2 Å². The number of rotatable bonds is 4. The number of aromatic nitrogens is 1. The molecule has 2 aromatic heterocycles. The minimum Gasteiger partial charge on any atom is -0.447 e. The Morgan fingerprint density at radius 3 is 2.88 bits per heavy atom. The number of nitrogens with zero attached hydrogens (tertiary/aromatic N) is 2. The third-order valence-corrected chi connectivity index (χ3v) is 6.37. The fourth-order valence-corrected chi connectivity index (χ4v) is 4.77. The molecule has 1 N–H and O–H groups in total. The fourth-order valence-electron chi connectivity index (χ4n) is 3.83. The van der Waals surface area contributed by atoms with Gasteiger partial charge in [0.05, 0.1) is 4.88 Å². The van der Waals surface area contributed by atoms with Crippen LogP contribution in [0.15, 0.2) is 30.5 Å². The molecule has 3 aliphatic rings. The van der Waals surface area contributed by atoms with Gasteiger partial charge in [-0.1, -0.05) is 22.9 Å². The molecule has 0 radical (unpaired) electrons. The predicted molar refractivity (Wildman–Crippen MR) is 98.7 cm³/mol. The molecule has 5 rings (SSSR count). The monoisotopic (exact) mass is 377 g/mol. The minimum absolute atomic E-state index is 0.0155. The summed E-state index contributed by atoms with van der Waals surface area (Å²) in [6.45, 7) is 4.53. The lowest BCUT2D eigenvalue weighted by molar-refractivity contribution is 0.0218. The van der Waals surface area contributed by atoms with E-state index >= 15 is 0 Å². The molecule has 0 unspecified atom stereocenters. The highest BCUT2D eigenvalue weighted by atomic mass is 35.5. The first kappa shape index (κ1) is 16.8. The first-order valence-corrected chi connectivity index (χ1v) is 9.74. The fraction of sp³-hybridized carbons (Fsp3) is 0.444. The maximum atomic E-state index is 12.6. The first-order valence-electron chi connectivity index (χ1n) is 8.54. The van der Waals surface area contributed by atoms with Crippen LogP contribution in [0.5, 0.6) is 10.8 Å². The van der Waals surface area contributed by atoms with Gasteiger partial charge in [-0.15, -0.1) is 0 Å². The van der Waals surface area contributed by atoms with Crippen LogP contribution >= 0.6 is 22.9 Å². The van der Waals surface area contributed by atoms with Gasteiger partial charge in [-0.05, 0) is 57.0 Å². The highest BCUT2D eigenvalue weighted by Gasteiger charge is 2.40. The zero-order valence-corrected chi connectivity index (χ0v) is 15.5. The van der Waals surface area contributed by atoms with Gasteiger partial charge in [-0.25, -0.2) is 4.98 Å². The molecule has 132 valence electrons. The molecule has 1 amide bonds. The third-order valence-electron chi connectivity index (χ3n) is 5.20. The van der Waals surface area contributed by atoms with Gasteiger partial charge in [0, 0.05) is 24.3 Å². The summed E-state index contributed by atoms with van der Waals surface area (Å²) in [5.41, 5.74) is 0. The second kappa shape index (κ2) is 6.94. The minimum atomic E-state index is -0.0155. The van der Waals surface area contributed by atoms with Gasteiger partial charge in [-0.3, -0.25) is 9.69 Å². The summed E-state index contributed by atoms with van der Waals surface area (Å²) in [6, 6.07) is 7.65. The van der Waals surface area contributed by atoms with E-state index in [1.807, 2.05) is 12.1 Å². The van der Waals surface area contributed by atoms with Crippen molar-refractivity contribution in [2.24, 2.45) is 5.92 Å². The van der Waals surface area contributed by atoms with Crippen LogP contribution in [-0.4, -0.2) is 41.0 Å². The topological polar surface area (TPSA) is 54.5 Å². The Labute approximate surface area is 156 Å². The van der Waals surface area contributed by atoms with Crippen LogP contribution in [0.3, 0.4) is 0 Å². The van der Waals surface area contributed by atoms with Crippen LogP contribution in [0.25, 0.3) is 0 Å². The van der Waals surface area contributed by atoms with E-state index in [0.717, 1.165) is 13.1 Å². The number of carbonyl (C=O) groups excluding carboxylic acids is 1. The molecule has 0 spiro atoms. The standard InChI is InChI=1S/C18H20ClN3O2S/c1-11-17(12-5-8-22(11)9-6-12)21-18(23)14-2-3-16(25-14)24-13-4-7-20-15(19)10-13/h2-4,7,10-12,17H,5-6,8-9H2,1H3,(H,21,23)/t11-,17-/m0/s1. The highest BCUT2D eigenvalue weighted by molar-refractivity contribution is 7.15. The number of carbonyl (C=O) groups is 1. The van der Waals surface area contributed by atoms with E-state index < -0.39 is 0 Å². The number of ether oxygens (including phenoxy) is 1. The van der Waals surface area contributed by atoms with Crippen LogP contribution in [0, 0.1) is 5.92 Å². The maximum absolute atomic E-state index is 12.6. The van der Waals surface area contributed by atoms with Crippen molar-refractivity contribution in [2.75, 3.05) is 13.1 Å². The van der Waals surface area contributed by atoms with Crippen molar-refractivity contribution >= 4 is 28.8 Å². The largest absolute Gasteiger partial charge is 0.447 e. The summed E-state index contributed by atoms with van der Waals surface area (Å²) < 4.78 is 5.76. The van der Waals surface area contributed by atoms with Crippen molar-refractivity contribution in [3.63, 3.8) is 0 Å². The van der Waals surface area contributed by atoms with Crippen molar-refractivity contribution < 1.29 is 9.53 Å². The highest BCUT2D eigenvalue weighted by Crippen LogP contribution is 2.33. The van der Waals surface area contributed by atoms with E-state index in [9.17, 15) is 4.79 Å². The van der Waals surface area contributed by atoms with E-state index in [-0.39, 0.29) is 11.9 Å². The molecule has 2 aromatic rings. The summed E-state index contributed by atoms with van der Waals surface area (Å²) in [5.74, 6) is 1.19. The van der Waals surface area contributed by atoms with Gasteiger partial charge < -0.3 is 10.1 Å². The first-order chi connectivity index (χ1) is 12.1. The van der Waals surface area contributed by atoms with Crippen LogP contribution in [0.1, 0.15) is 29.4 Å². The summed E-state index contributed by atoms with van der Waals surface area (Å²) in [5, 5.41) is 4.29.